The first kappa shape index (κ1) is 13.5. The summed E-state index contributed by atoms with van der Waals surface area (Å²) in [7, 11) is 0. The van der Waals surface area contributed by atoms with E-state index in [1.807, 2.05) is 11.8 Å². The standard InChI is InChI=1S/C14H18N2O3/c1-9-4-3-7-16(10(9)2)13(17)11-5-6-15-12(8-11)14(18)19/h5-6,8-10H,3-4,7H2,1-2H3,(H,18,19). The summed E-state index contributed by atoms with van der Waals surface area (Å²) in [6.45, 7) is 4.91. The van der Waals surface area contributed by atoms with Crippen molar-refractivity contribution in [2.45, 2.75) is 32.7 Å². The molecule has 0 bridgehead atoms. The number of piperidine rings is 1. The summed E-state index contributed by atoms with van der Waals surface area (Å²) in [6.07, 6.45) is 3.49. The number of likely N-dealkylation sites (tertiary alicyclic amines) is 1. The summed E-state index contributed by atoms with van der Waals surface area (Å²) in [5.41, 5.74) is 0.303. The lowest BCUT2D eigenvalue weighted by Gasteiger charge is -2.38. The van der Waals surface area contributed by atoms with E-state index in [0.717, 1.165) is 19.4 Å². The lowest BCUT2D eigenvalue weighted by atomic mass is 9.91. The third-order valence-corrected chi connectivity index (χ3v) is 3.86. The van der Waals surface area contributed by atoms with Gasteiger partial charge in [-0.1, -0.05) is 6.92 Å². The Kier molecular flexibility index (Phi) is 3.83. The maximum atomic E-state index is 12.4. The smallest absolute Gasteiger partial charge is 0.354 e. The van der Waals surface area contributed by atoms with Crippen LogP contribution < -0.4 is 0 Å². The fourth-order valence-corrected chi connectivity index (χ4v) is 2.47. The molecular weight excluding hydrogens is 244 g/mol. The molecule has 0 radical (unpaired) electrons. The molecule has 1 aromatic heterocycles. The van der Waals surface area contributed by atoms with Gasteiger partial charge in [0.05, 0.1) is 0 Å². The lowest BCUT2D eigenvalue weighted by molar-refractivity contribution is 0.0551. The monoisotopic (exact) mass is 262 g/mol. The van der Waals surface area contributed by atoms with Gasteiger partial charge in [-0.25, -0.2) is 9.78 Å². The Morgan fingerprint density at radius 2 is 2.16 bits per heavy atom. The van der Waals surface area contributed by atoms with Crippen molar-refractivity contribution in [2.24, 2.45) is 5.92 Å². The summed E-state index contributed by atoms with van der Waals surface area (Å²) >= 11 is 0. The van der Waals surface area contributed by atoms with Crippen LogP contribution in [0.2, 0.25) is 0 Å². The van der Waals surface area contributed by atoms with Gasteiger partial charge in [-0.05, 0) is 37.8 Å². The van der Waals surface area contributed by atoms with E-state index in [1.165, 1.54) is 12.3 Å². The van der Waals surface area contributed by atoms with Crippen LogP contribution in [0.15, 0.2) is 18.3 Å². The number of nitrogens with zero attached hydrogens (tertiary/aromatic N) is 2. The van der Waals surface area contributed by atoms with Crippen LogP contribution in [0.5, 0.6) is 0 Å². The average Bonchev–Trinajstić information content (AvgIpc) is 2.41. The number of hydrogen-bond acceptors (Lipinski definition) is 3. The van der Waals surface area contributed by atoms with E-state index in [1.54, 1.807) is 6.07 Å². The SMILES string of the molecule is CC1CCCN(C(=O)c2ccnc(C(=O)O)c2)C1C. The highest BCUT2D eigenvalue weighted by molar-refractivity contribution is 5.96. The molecule has 1 saturated heterocycles. The predicted octanol–water partition coefficient (Wildman–Crippen LogP) is 2.04. The number of carbonyl (C=O) groups is 2. The maximum absolute atomic E-state index is 12.4. The molecule has 1 fully saturated rings. The van der Waals surface area contributed by atoms with Crippen molar-refractivity contribution >= 4 is 11.9 Å². The van der Waals surface area contributed by atoms with E-state index in [0.29, 0.717) is 11.5 Å². The average molecular weight is 262 g/mol. The van der Waals surface area contributed by atoms with Gasteiger partial charge in [0, 0.05) is 24.3 Å². The molecule has 0 aliphatic carbocycles. The highest BCUT2D eigenvalue weighted by Crippen LogP contribution is 2.24. The summed E-state index contributed by atoms with van der Waals surface area (Å²) in [5.74, 6) is -0.753. The van der Waals surface area contributed by atoms with Gasteiger partial charge in [0.15, 0.2) is 0 Å². The van der Waals surface area contributed by atoms with Gasteiger partial charge in [0.1, 0.15) is 5.69 Å². The van der Waals surface area contributed by atoms with Crippen LogP contribution in [0.1, 0.15) is 47.5 Å². The van der Waals surface area contributed by atoms with Crippen LogP contribution in [0.3, 0.4) is 0 Å². The van der Waals surface area contributed by atoms with E-state index >= 15 is 0 Å². The first-order valence-corrected chi connectivity index (χ1v) is 6.51. The Balaban J connectivity index is 2.23. The zero-order valence-corrected chi connectivity index (χ0v) is 11.2. The van der Waals surface area contributed by atoms with Crippen LogP contribution in [0, 0.1) is 5.92 Å². The second-order valence-electron chi connectivity index (χ2n) is 5.09. The number of carbonyl (C=O) groups excluding carboxylic acids is 1. The summed E-state index contributed by atoms with van der Waals surface area (Å²) in [4.78, 5) is 28.9. The van der Waals surface area contributed by atoms with Gasteiger partial charge in [-0.15, -0.1) is 0 Å². The fourth-order valence-electron chi connectivity index (χ4n) is 2.47. The van der Waals surface area contributed by atoms with E-state index in [4.69, 9.17) is 5.11 Å². The Morgan fingerprint density at radius 3 is 2.84 bits per heavy atom. The van der Waals surface area contributed by atoms with E-state index < -0.39 is 5.97 Å². The van der Waals surface area contributed by atoms with Crippen LogP contribution in [0.25, 0.3) is 0 Å². The highest BCUT2D eigenvalue weighted by Gasteiger charge is 2.29. The van der Waals surface area contributed by atoms with Gasteiger partial charge < -0.3 is 10.0 Å². The van der Waals surface area contributed by atoms with Crippen molar-refractivity contribution in [1.82, 2.24) is 9.88 Å². The summed E-state index contributed by atoms with van der Waals surface area (Å²) in [5, 5.41) is 8.91. The number of amides is 1. The molecule has 2 rings (SSSR count). The lowest BCUT2D eigenvalue weighted by Crippen LogP contribution is -2.46. The molecule has 2 atom stereocenters. The van der Waals surface area contributed by atoms with Crippen molar-refractivity contribution in [1.29, 1.82) is 0 Å². The second kappa shape index (κ2) is 5.38. The molecule has 19 heavy (non-hydrogen) atoms. The molecule has 1 N–H and O–H groups in total. The topological polar surface area (TPSA) is 70.5 Å². The second-order valence-corrected chi connectivity index (χ2v) is 5.09. The highest BCUT2D eigenvalue weighted by atomic mass is 16.4. The first-order chi connectivity index (χ1) is 9.00. The molecule has 2 heterocycles. The number of aromatic nitrogens is 1. The quantitative estimate of drug-likeness (QED) is 0.885. The molecule has 2 unspecified atom stereocenters. The van der Waals surface area contributed by atoms with Crippen LogP contribution in [0.4, 0.5) is 0 Å². The summed E-state index contributed by atoms with van der Waals surface area (Å²) < 4.78 is 0. The van der Waals surface area contributed by atoms with Crippen molar-refractivity contribution < 1.29 is 14.7 Å². The summed E-state index contributed by atoms with van der Waals surface area (Å²) in [6, 6.07) is 3.10. The van der Waals surface area contributed by atoms with Crippen molar-refractivity contribution in [3.05, 3.63) is 29.6 Å². The Morgan fingerprint density at radius 1 is 1.42 bits per heavy atom. The minimum absolute atomic E-state index is 0.0939. The third-order valence-electron chi connectivity index (χ3n) is 3.86. The molecule has 0 spiro atoms. The third kappa shape index (κ3) is 2.75. The van der Waals surface area contributed by atoms with Gasteiger partial charge in [-0.3, -0.25) is 4.79 Å². The number of aromatic carboxylic acids is 1. The minimum Gasteiger partial charge on any atom is -0.477 e. The van der Waals surface area contributed by atoms with Crippen LogP contribution >= 0.6 is 0 Å². The minimum atomic E-state index is -1.12. The largest absolute Gasteiger partial charge is 0.477 e. The van der Waals surface area contributed by atoms with Gasteiger partial charge >= 0.3 is 5.97 Å². The molecule has 1 aliphatic rings. The molecule has 5 heteroatoms. The molecule has 0 saturated carbocycles. The van der Waals surface area contributed by atoms with E-state index in [-0.39, 0.29) is 17.6 Å². The molecule has 102 valence electrons. The zero-order valence-electron chi connectivity index (χ0n) is 11.2. The van der Waals surface area contributed by atoms with Gasteiger partial charge in [0.25, 0.3) is 5.91 Å². The molecule has 1 aliphatic heterocycles. The molecule has 0 aromatic carbocycles. The number of carboxylic acids is 1. The molecule has 5 nitrogen and oxygen atoms in total. The maximum Gasteiger partial charge on any atom is 0.354 e. The van der Waals surface area contributed by atoms with Crippen molar-refractivity contribution in [3.8, 4) is 0 Å². The van der Waals surface area contributed by atoms with E-state index in [2.05, 4.69) is 11.9 Å². The fraction of sp³-hybridized carbons (Fsp3) is 0.500. The number of carboxylic acid groups (broad SMARTS) is 1. The molecular formula is C14H18N2O3. The number of hydrogen-bond donors (Lipinski definition) is 1. The molecule has 1 amide bonds. The van der Waals surface area contributed by atoms with Crippen molar-refractivity contribution in [3.63, 3.8) is 0 Å². The molecule has 1 aromatic rings. The number of pyridine rings is 1. The van der Waals surface area contributed by atoms with Crippen LogP contribution in [-0.2, 0) is 0 Å². The van der Waals surface area contributed by atoms with Crippen molar-refractivity contribution in [2.75, 3.05) is 6.54 Å². The van der Waals surface area contributed by atoms with Gasteiger partial charge in [0.2, 0.25) is 0 Å². The Bertz CT molecular complexity index is 501. The van der Waals surface area contributed by atoms with Gasteiger partial charge in [-0.2, -0.15) is 0 Å². The normalized spacial score (nSPS) is 23.2. The van der Waals surface area contributed by atoms with Crippen LogP contribution in [-0.4, -0.2) is 39.5 Å². The Hall–Kier alpha value is -1.91. The Labute approximate surface area is 112 Å². The number of rotatable bonds is 2. The first-order valence-electron chi connectivity index (χ1n) is 6.51. The van der Waals surface area contributed by atoms with E-state index in [9.17, 15) is 9.59 Å². The zero-order chi connectivity index (χ0) is 14.0. The predicted molar refractivity (Wildman–Crippen MR) is 70.1 cm³/mol.